The van der Waals surface area contributed by atoms with Crippen LogP contribution in [0.3, 0.4) is 0 Å². The molecule has 1 aliphatic carbocycles. The van der Waals surface area contributed by atoms with Crippen molar-refractivity contribution in [2.45, 2.75) is 30.6 Å². The van der Waals surface area contributed by atoms with Crippen molar-refractivity contribution in [2.24, 2.45) is 0 Å². The Morgan fingerprint density at radius 2 is 1.96 bits per heavy atom. The van der Waals surface area contributed by atoms with Crippen LogP contribution in [0.4, 0.5) is 0 Å². The van der Waals surface area contributed by atoms with Crippen LogP contribution in [0.15, 0.2) is 47.5 Å². The van der Waals surface area contributed by atoms with E-state index in [1.54, 1.807) is 12.1 Å². The summed E-state index contributed by atoms with van der Waals surface area (Å²) < 4.78 is 29.5. The number of benzene rings is 1. The number of rotatable bonds is 5. The van der Waals surface area contributed by atoms with Gasteiger partial charge >= 0.3 is 0 Å². The summed E-state index contributed by atoms with van der Waals surface area (Å²) in [6, 6.07) is 11.1. The molecular formula is C17H18N4O2S. The summed E-state index contributed by atoms with van der Waals surface area (Å²) in [6.45, 7) is 0.287. The number of hydrogen-bond donors (Lipinski definition) is 1. The number of sulfonamides is 1. The molecule has 0 spiro atoms. The molecule has 2 aromatic heterocycles. The van der Waals surface area contributed by atoms with Crippen molar-refractivity contribution in [2.75, 3.05) is 6.54 Å². The predicted molar refractivity (Wildman–Crippen MR) is 90.3 cm³/mol. The van der Waals surface area contributed by atoms with Gasteiger partial charge in [-0.1, -0.05) is 12.1 Å². The summed E-state index contributed by atoms with van der Waals surface area (Å²) in [5, 5.41) is 8.18. The first-order chi connectivity index (χ1) is 11.6. The third-order valence-corrected chi connectivity index (χ3v) is 5.86. The fraction of sp³-hybridized carbons (Fsp3) is 0.294. The van der Waals surface area contributed by atoms with Crippen LogP contribution in [-0.2, 0) is 29.3 Å². The molecule has 0 amide bonds. The van der Waals surface area contributed by atoms with Gasteiger partial charge in [0.15, 0.2) is 5.65 Å². The van der Waals surface area contributed by atoms with E-state index in [1.807, 2.05) is 34.9 Å². The smallest absolute Gasteiger partial charge is 0.240 e. The molecule has 124 valence electrons. The fourth-order valence-electron chi connectivity index (χ4n) is 3.16. The van der Waals surface area contributed by atoms with Gasteiger partial charge in [-0.3, -0.25) is 4.40 Å². The maximum atomic E-state index is 12.5. The van der Waals surface area contributed by atoms with E-state index < -0.39 is 10.0 Å². The van der Waals surface area contributed by atoms with Crippen molar-refractivity contribution in [3.8, 4) is 0 Å². The Labute approximate surface area is 140 Å². The summed E-state index contributed by atoms with van der Waals surface area (Å²) >= 11 is 0. The van der Waals surface area contributed by atoms with E-state index in [2.05, 4.69) is 14.9 Å². The Morgan fingerprint density at radius 1 is 1.08 bits per heavy atom. The highest BCUT2D eigenvalue weighted by molar-refractivity contribution is 7.89. The molecule has 24 heavy (non-hydrogen) atoms. The molecule has 1 N–H and O–H groups in total. The highest BCUT2D eigenvalue weighted by atomic mass is 32.2. The van der Waals surface area contributed by atoms with Crippen LogP contribution in [0.2, 0.25) is 0 Å². The minimum absolute atomic E-state index is 0.287. The lowest BCUT2D eigenvalue weighted by molar-refractivity contribution is 0.580. The van der Waals surface area contributed by atoms with Crippen LogP contribution in [-0.4, -0.2) is 29.6 Å². The molecule has 0 fully saturated rings. The molecule has 0 unspecified atom stereocenters. The average molecular weight is 342 g/mol. The van der Waals surface area contributed by atoms with Crippen molar-refractivity contribution in [3.05, 3.63) is 59.5 Å². The number of aryl methyl sites for hydroxylation is 2. The van der Waals surface area contributed by atoms with E-state index in [-0.39, 0.29) is 6.54 Å². The highest BCUT2D eigenvalue weighted by Gasteiger charge is 2.18. The molecule has 1 aliphatic rings. The number of fused-ring (bicyclic) bond motifs is 2. The topological polar surface area (TPSA) is 76.4 Å². The molecule has 4 rings (SSSR count). The van der Waals surface area contributed by atoms with Gasteiger partial charge in [0.1, 0.15) is 5.82 Å². The van der Waals surface area contributed by atoms with Gasteiger partial charge in [-0.05, 0) is 54.7 Å². The Hall–Kier alpha value is -2.25. The van der Waals surface area contributed by atoms with Crippen LogP contribution in [0.25, 0.3) is 5.65 Å². The van der Waals surface area contributed by atoms with Crippen molar-refractivity contribution in [1.29, 1.82) is 0 Å². The van der Waals surface area contributed by atoms with E-state index in [1.165, 1.54) is 5.56 Å². The van der Waals surface area contributed by atoms with Crippen molar-refractivity contribution >= 4 is 15.7 Å². The van der Waals surface area contributed by atoms with Crippen LogP contribution in [0.5, 0.6) is 0 Å². The number of nitrogens with one attached hydrogen (secondary N) is 1. The van der Waals surface area contributed by atoms with E-state index in [0.29, 0.717) is 11.3 Å². The Bertz CT molecular complexity index is 995. The lowest BCUT2D eigenvalue weighted by Crippen LogP contribution is -2.26. The summed E-state index contributed by atoms with van der Waals surface area (Å²) in [5.41, 5.74) is 3.18. The molecule has 3 aromatic rings. The third kappa shape index (κ3) is 2.81. The Kier molecular flexibility index (Phi) is 3.82. The number of pyridine rings is 1. The quantitative estimate of drug-likeness (QED) is 0.766. The van der Waals surface area contributed by atoms with Gasteiger partial charge in [-0.2, -0.15) is 0 Å². The van der Waals surface area contributed by atoms with E-state index in [9.17, 15) is 8.42 Å². The molecule has 2 heterocycles. The first-order valence-electron chi connectivity index (χ1n) is 8.04. The van der Waals surface area contributed by atoms with Crippen molar-refractivity contribution < 1.29 is 8.42 Å². The summed E-state index contributed by atoms with van der Waals surface area (Å²) in [7, 11) is -3.50. The lowest BCUT2D eigenvalue weighted by Gasteiger charge is -2.08. The molecule has 0 atom stereocenters. The molecular weight excluding hydrogens is 324 g/mol. The minimum Gasteiger partial charge on any atom is -0.286 e. The molecule has 0 radical (unpaired) electrons. The molecule has 7 heteroatoms. The first-order valence-corrected chi connectivity index (χ1v) is 9.52. The second-order valence-electron chi connectivity index (χ2n) is 5.98. The Morgan fingerprint density at radius 3 is 2.88 bits per heavy atom. The normalized spacial score (nSPS) is 14.2. The second kappa shape index (κ2) is 5.99. The molecule has 0 bridgehead atoms. The average Bonchev–Trinajstić information content (AvgIpc) is 3.21. The maximum absolute atomic E-state index is 12.5. The molecule has 0 saturated carbocycles. The SMILES string of the molecule is O=S(=O)(NCCc1nnc2ccccn12)c1ccc2c(c1)CCC2. The number of hydrogen-bond acceptors (Lipinski definition) is 4. The van der Waals surface area contributed by atoms with Gasteiger partial charge in [0.05, 0.1) is 4.90 Å². The third-order valence-electron chi connectivity index (χ3n) is 4.41. The second-order valence-corrected chi connectivity index (χ2v) is 7.74. The van der Waals surface area contributed by atoms with Gasteiger partial charge in [0.25, 0.3) is 0 Å². The summed E-state index contributed by atoms with van der Waals surface area (Å²) in [6.07, 6.45) is 5.47. The molecule has 1 aromatic carbocycles. The zero-order valence-electron chi connectivity index (χ0n) is 13.1. The largest absolute Gasteiger partial charge is 0.286 e. The van der Waals surface area contributed by atoms with Crippen LogP contribution >= 0.6 is 0 Å². The van der Waals surface area contributed by atoms with Crippen molar-refractivity contribution in [1.82, 2.24) is 19.3 Å². The number of nitrogens with zero attached hydrogens (tertiary/aromatic N) is 3. The summed E-state index contributed by atoms with van der Waals surface area (Å²) in [4.78, 5) is 0.342. The maximum Gasteiger partial charge on any atom is 0.240 e. The van der Waals surface area contributed by atoms with E-state index in [0.717, 1.165) is 36.3 Å². The minimum atomic E-state index is -3.50. The zero-order valence-corrected chi connectivity index (χ0v) is 14.0. The number of aromatic nitrogens is 3. The highest BCUT2D eigenvalue weighted by Crippen LogP contribution is 2.24. The van der Waals surface area contributed by atoms with Gasteiger partial charge in [0.2, 0.25) is 10.0 Å². The van der Waals surface area contributed by atoms with Crippen LogP contribution in [0.1, 0.15) is 23.4 Å². The zero-order chi connectivity index (χ0) is 16.6. The fourth-order valence-corrected chi connectivity index (χ4v) is 4.24. The lowest BCUT2D eigenvalue weighted by atomic mass is 10.1. The Balaban J connectivity index is 1.47. The van der Waals surface area contributed by atoms with Gasteiger partial charge in [-0.25, -0.2) is 13.1 Å². The predicted octanol–water partition coefficient (Wildman–Crippen LogP) is 1.74. The van der Waals surface area contributed by atoms with Crippen LogP contribution < -0.4 is 4.72 Å². The van der Waals surface area contributed by atoms with Gasteiger partial charge in [0, 0.05) is 19.2 Å². The standard InChI is InChI=1S/C17H18N4O2S/c22-24(23,15-8-7-13-4-3-5-14(13)12-15)18-10-9-17-20-19-16-6-1-2-11-21(16)17/h1-2,6-8,11-12,18H,3-5,9-10H2. The monoisotopic (exact) mass is 342 g/mol. The molecule has 6 nitrogen and oxygen atoms in total. The molecule has 0 saturated heterocycles. The molecule has 0 aliphatic heterocycles. The van der Waals surface area contributed by atoms with Gasteiger partial charge < -0.3 is 0 Å². The van der Waals surface area contributed by atoms with Crippen LogP contribution in [0, 0.1) is 0 Å². The first kappa shape index (κ1) is 15.3. The van der Waals surface area contributed by atoms with E-state index in [4.69, 9.17) is 0 Å². The van der Waals surface area contributed by atoms with Gasteiger partial charge in [-0.15, -0.1) is 10.2 Å². The summed E-state index contributed by atoms with van der Waals surface area (Å²) in [5.74, 6) is 0.738. The van der Waals surface area contributed by atoms with E-state index >= 15 is 0 Å². The van der Waals surface area contributed by atoms with Crippen molar-refractivity contribution in [3.63, 3.8) is 0 Å².